The van der Waals surface area contributed by atoms with Gasteiger partial charge in [-0.2, -0.15) is 9.78 Å². The van der Waals surface area contributed by atoms with Crippen molar-refractivity contribution in [3.05, 3.63) is 58.9 Å². The first-order valence-corrected chi connectivity index (χ1v) is 10.7. The fourth-order valence-corrected chi connectivity index (χ4v) is 3.65. The van der Waals surface area contributed by atoms with Crippen LogP contribution in [0.3, 0.4) is 0 Å². The third-order valence-electron chi connectivity index (χ3n) is 4.85. The summed E-state index contributed by atoms with van der Waals surface area (Å²) in [5.74, 6) is 0. The van der Waals surface area contributed by atoms with Gasteiger partial charge >= 0.3 is 12.2 Å². The monoisotopic (exact) mass is 440 g/mol. The van der Waals surface area contributed by atoms with Crippen LogP contribution in [-0.4, -0.2) is 33.6 Å². The van der Waals surface area contributed by atoms with E-state index in [4.69, 9.17) is 9.47 Å². The molecule has 2 N–H and O–H groups in total. The minimum absolute atomic E-state index is 0.0260. The normalized spacial score (nSPS) is 17.6. The van der Waals surface area contributed by atoms with Crippen LogP contribution in [0.5, 0.6) is 0 Å². The zero-order chi connectivity index (χ0) is 23.5. The van der Waals surface area contributed by atoms with E-state index >= 15 is 0 Å². The van der Waals surface area contributed by atoms with Crippen LogP contribution in [0.2, 0.25) is 0 Å². The van der Waals surface area contributed by atoms with Crippen molar-refractivity contribution in [2.45, 2.75) is 72.3 Å². The minimum Gasteiger partial charge on any atom is -0.445 e. The molecule has 2 aromatic rings. The van der Waals surface area contributed by atoms with E-state index in [-0.39, 0.29) is 12.6 Å². The summed E-state index contributed by atoms with van der Waals surface area (Å²) >= 11 is 0. The molecule has 32 heavy (non-hydrogen) atoms. The van der Waals surface area contributed by atoms with Crippen molar-refractivity contribution in [1.82, 2.24) is 15.1 Å². The average Bonchev–Trinajstić information content (AvgIpc) is 3.03. The Kier molecular flexibility index (Phi) is 6.91. The van der Waals surface area contributed by atoms with Crippen molar-refractivity contribution in [2.24, 2.45) is 0 Å². The maximum Gasteiger partial charge on any atom is 0.435 e. The quantitative estimate of drug-likeness (QED) is 0.643. The molecule has 172 valence electrons. The van der Waals surface area contributed by atoms with Gasteiger partial charge in [-0.05, 0) is 53.5 Å². The highest BCUT2D eigenvalue weighted by atomic mass is 16.6. The number of anilines is 1. The van der Waals surface area contributed by atoms with E-state index in [1.807, 2.05) is 51.1 Å². The zero-order valence-corrected chi connectivity index (χ0v) is 19.6. The summed E-state index contributed by atoms with van der Waals surface area (Å²) in [6.07, 6.45) is 1.48. The number of carbonyl (C=O) groups is 2. The van der Waals surface area contributed by atoms with Gasteiger partial charge in [0, 0.05) is 6.04 Å². The first-order chi connectivity index (χ1) is 15.0. The molecular formula is C24H32N4O4. The van der Waals surface area contributed by atoms with Crippen molar-refractivity contribution in [3.8, 4) is 0 Å². The number of rotatable bonds is 4. The van der Waals surface area contributed by atoms with Crippen LogP contribution in [0.15, 0.2) is 42.0 Å². The summed E-state index contributed by atoms with van der Waals surface area (Å²) in [6, 6.07) is 8.96. The second-order valence-electron chi connectivity index (χ2n) is 9.23. The van der Waals surface area contributed by atoms with E-state index in [0.29, 0.717) is 17.8 Å². The van der Waals surface area contributed by atoms with Crippen LogP contribution in [0.4, 0.5) is 15.3 Å². The molecule has 0 radical (unpaired) electrons. The number of aryl methyl sites for hydroxylation is 1. The predicted octanol–water partition coefficient (Wildman–Crippen LogP) is 5.09. The van der Waals surface area contributed by atoms with Crippen LogP contribution in [-0.2, 0) is 16.1 Å². The Morgan fingerprint density at radius 3 is 2.56 bits per heavy atom. The van der Waals surface area contributed by atoms with E-state index < -0.39 is 23.8 Å². The Morgan fingerprint density at radius 1 is 1.25 bits per heavy atom. The highest BCUT2D eigenvalue weighted by molar-refractivity contribution is 5.76. The fourth-order valence-electron chi connectivity index (χ4n) is 3.65. The first kappa shape index (κ1) is 23.4. The van der Waals surface area contributed by atoms with Gasteiger partial charge in [-0.25, -0.2) is 9.59 Å². The van der Waals surface area contributed by atoms with Gasteiger partial charge in [-0.1, -0.05) is 42.0 Å². The molecule has 0 fully saturated rings. The molecule has 1 aromatic carbocycles. The number of hydrogen-bond acceptors (Lipinski definition) is 6. The number of fused-ring (bicyclic) bond motifs is 1. The lowest BCUT2D eigenvalue weighted by atomic mass is 9.96. The topological polar surface area (TPSA) is 94.5 Å². The van der Waals surface area contributed by atoms with Crippen LogP contribution in [0, 0.1) is 6.92 Å². The van der Waals surface area contributed by atoms with Crippen molar-refractivity contribution >= 4 is 17.9 Å². The number of aromatic nitrogens is 2. The van der Waals surface area contributed by atoms with Crippen LogP contribution in [0.25, 0.3) is 0 Å². The Labute approximate surface area is 189 Å². The third kappa shape index (κ3) is 5.90. The number of allylic oxidation sites excluding steroid dienone is 1. The number of carbonyl (C=O) groups excluding carboxylic acids is 2. The molecule has 1 amide bonds. The molecule has 3 rings (SSSR count). The molecule has 8 heteroatoms. The largest absolute Gasteiger partial charge is 0.445 e. The molecule has 0 bridgehead atoms. The molecule has 1 aromatic heterocycles. The zero-order valence-electron chi connectivity index (χ0n) is 19.6. The Hall–Kier alpha value is -3.29. The fraction of sp³-hybridized carbons (Fsp3) is 0.458. The molecule has 1 aliphatic rings. The van der Waals surface area contributed by atoms with E-state index in [1.165, 1.54) is 4.68 Å². The van der Waals surface area contributed by atoms with Crippen molar-refractivity contribution in [2.75, 3.05) is 5.32 Å². The van der Waals surface area contributed by atoms with Crippen molar-refractivity contribution in [3.63, 3.8) is 0 Å². The number of hydrogen-bond donors (Lipinski definition) is 2. The highest BCUT2D eigenvalue weighted by Crippen LogP contribution is 2.36. The van der Waals surface area contributed by atoms with Gasteiger partial charge in [0.15, 0.2) is 0 Å². The van der Waals surface area contributed by atoms with Gasteiger partial charge in [-0.15, -0.1) is 0 Å². The molecule has 2 heterocycles. The van der Waals surface area contributed by atoms with E-state index in [2.05, 4.69) is 21.8 Å². The van der Waals surface area contributed by atoms with Gasteiger partial charge in [0.25, 0.3) is 0 Å². The molecule has 0 aliphatic carbocycles. The molecule has 0 spiro atoms. The Morgan fingerprint density at radius 2 is 1.94 bits per heavy atom. The lowest BCUT2D eigenvalue weighted by molar-refractivity contribution is 0.0503. The maximum absolute atomic E-state index is 12.8. The molecular weight excluding hydrogens is 408 g/mol. The van der Waals surface area contributed by atoms with E-state index in [9.17, 15) is 9.59 Å². The molecule has 0 saturated carbocycles. The Balaban J connectivity index is 1.86. The predicted molar refractivity (Wildman–Crippen MR) is 123 cm³/mol. The molecule has 1 aliphatic heterocycles. The first-order valence-electron chi connectivity index (χ1n) is 10.7. The van der Waals surface area contributed by atoms with Gasteiger partial charge in [0.05, 0.1) is 23.1 Å². The lowest BCUT2D eigenvalue weighted by Crippen LogP contribution is -2.39. The van der Waals surface area contributed by atoms with Gasteiger partial charge < -0.3 is 20.1 Å². The second kappa shape index (κ2) is 9.46. The summed E-state index contributed by atoms with van der Waals surface area (Å²) < 4.78 is 12.2. The van der Waals surface area contributed by atoms with E-state index in [0.717, 1.165) is 16.8 Å². The van der Waals surface area contributed by atoms with E-state index in [1.54, 1.807) is 20.8 Å². The SMILES string of the molecule is CC(C)=C[C@@H]1C[C@H](NC(=O)OCc2ccccc2)c2c(c(C)nn2C(=O)OC(C)(C)C)N1. The standard InChI is InChI=1S/C24H32N4O4/c1-15(2)12-18-13-19(26-22(29)31-14-17-10-8-7-9-11-17)21-20(25-18)16(3)27-28(21)23(30)32-24(4,5)6/h7-12,18-19,25H,13-14H2,1-6H3,(H,26,29)/t18-,19+/m1/s1. The van der Waals surface area contributed by atoms with Crippen molar-refractivity contribution < 1.29 is 19.1 Å². The molecule has 0 saturated heterocycles. The number of benzene rings is 1. The summed E-state index contributed by atoms with van der Waals surface area (Å²) in [4.78, 5) is 25.5. The summed E-state index contributed by atoms with van der Waals surface area (Å²) in [5.41, 5.74) is 3.31. The maximum atomic E-state index is 12.8. The van der Waals surface area contributed by atoms with Gasteiger partial charge in [0.1, 0.15) is 12.2 Å². The second-order valence-corrected chi connectivity index (χ2v) is 9.23. The third-order valence-corrected chi connectivity index (χ3v) is 4.85. The molecule has 0 unspecified atom stereocenters. The Bertz CT molecular complexity index is 1000. The average molecular weight is 441 g/mol. The molecule has 2 atom stereocenters. The van der Waals surface area contributed by atoms with Crippen LogP contribution in [0.1, 0.15) is 64.0 Å². The van der Waals surface area contributed by atoms with Gasteiger partial charge in [-0.3, -0.25) is 0 Å². The number of nitrogens with zero attached hydrogens (tertiary/aromatic N) is 2. The number of amides is 1. The van der Waals surface area contributed by atoms with Crippen molar-refractivity contribution in [1.29, 1.82) is 0 Å². The number of nitrogens with one attached hydrogen (secondary N) is 2. The lowest BCUT2D eigenvalue weighted by Gasteiger charge is -2.31. The number of ether oxygens (including phenoxy) is 2. The number of alkyl carbamates (subject to hydrolysis) is 1. The summed E-state index contributed by atoms with van der Waals surface area (Å²) in [5, 5.41) is 10.8. The molecule has 8 nitrogen and oxygen atoms in total. The highest BCUT2D eigenvalue weighted by Gasteiger charge is 2.35. The van der Waals surface area contributed by atoms with Crippen LogP contribution >= 0.6 is 0 Å². The van der Waals surface area contributed by atoms with Gasteiger partial charge in [0.2, 0.25) is 0 Å². The summed E-state index contributed by atoms with van der Waals surface area (Å²) in [7, 11) is 0. The van der Waals surface area contributed by atoms with Crippen LogP contribution < -0.4 is 10.6 Å². The minimum atomic E-state index is -0.673. The smallest absolute Gasteiger partial charge is 0.435 e. The summed E-state index contributed by atoms with van der Waals surface area (Å²) in [6.45, 7) is 11.4.